The summed E-state index contributed by atoms with van der Waals surface area (Å²) in [7, 11) is 0. The van der Waals surface area contributed by atoms with Gasteiger partial charge in [-0.15, -0.1) is 0 Å². The van der Waals surface area contributed by atoms with E-state index >= 15 is 0 Å². The third-order valence-electron chi connectivity index (χ3n) is 2.15. The van der Waals surface area contributed by atoms with Crippen LogP contribution in [0.2, 0.25) is 0 Å². The highest BCUT2D eigenvalue weighted by Gasteiger charge is 2.04. The van der Waals surface area contributed by atoms with Gasteiger partial charge >= 0.3 is 0 Å². The molecule has 1 aliphatic carbocycles. The fourth-order valence-electron chi connectivity index (χ4n) is 1.49. The fraction of sp³-hybridized carbons (Fsp3) is 0.600. The molecule has 0 saturated heterocycles. The molecular formula is C10H16O. The van der Waals surface area contributed by atoms with Gasteiger partial charge in [0.2, 0.25) is 0 Å². The summed E-state index contributed by atoms with van der Waals surface area (Å²) in [6.07, 6.45) is 13.7. The van der Waals surface area contributed by atoms with Gasteiger partial charge in [-0.25, -0.2) is 0 Å². The average molecular weight is 152 g/mol. The van der Waals surface area contributed by atoms with Crippen molar-refractivity contribution in [3.63, 3.8) is 0 Å². The van der Waals surface area contributed by atoms with E-state index in [1.165, 1.54) is 25.7 Å². The van der Waals surface area contributed by atoms with Crippen LogP contribution < -0.4 is 0 Å². The van der Waals surface area contributed by atoms with Gasteiger partial charge in [-0.2, -0.15) is 0 Å². The Morgan fingerprint density at radius 3 is 3.18 bits per heavy atom. The second kappa shape index (κ2) is 5.00. The molecule has 62 valence electrons. The van der Waals surface area contributed by atoms with Crippen molar-refractivity contribution in [2.75, 3.05) is 0 Å². The Hall–Kier alpha value is -0.720. The van der Waals surface area contributed by atoms with Gasteiger partial charge in [-0.3, -0.25) is 0 Å². The molecule has 1 atom stereocenters. The van der Waals surface area contributed by atoms with Crippen LogP contribution in [0, 0.1) is 5.92 Å². The lowest BCUT2D eigenvalue weighted by Crippen LogP contribution is -1.92. The molecule has 11 heavy (non-hydrogen) atoms. The molecule has 0 fully saturated rings. The molecule has 1 rings (SSSR count). The van der Waals surface area contributed by atoms with Crippen LogP contribution >= 0.6 is 0 Å². The summed E-state index contributed by atoms with van der Waals surface area (Å²) in [5.74, 6) is 0.668. The van der Waals surface area contributed by atoms with Crippen LogP contribution in [0.3, 0.4) is 0 Å². The van der Waals surface area contributed by atoms with Crippen molar-refractivity contribution in [1.29, 1.82) is 0 Å². The van der Waals surface area contributed by atoms with E-state index in [1.54, 1.807) is 0 Å². The van der Waals surface area contributed by atoms with Crippen LogP contribution in [0.1, 0.15) is 32.1 Å². The Morgan fingerprint density at radius 1 is 1.45 bits per heavy atom. The lowest BCUT2D eigenvalue weighted by molar-refractivity contribution is 0.466. The zero-order valence-electron chi connectivity index (χ0n) is 6.87. The summed E-state index contributed by atoms with van der Waals surface area (Å²) in [4.78, 5) is 0. The molecule has 0 saturated carbocycles. The van der Waals surface area contributed by atoms with Crippen molar-refractivity contribution in [3.05, 3.63) is 24.5 Å². The molecule has 0 aromatic heterocycles. The minimum atomic E-state index is 0.668. The molecule has 0 radical (unpaired) electrons. The number of aliphatic hydroxyl groups excluding tert-OH is 1. The first kappa shape index (κ1) is 8.38. The molecule has 1 nitrogen and oxygen atoms in total. The number of aliphatic hydroxyl groups is 1. The molecule has 0 heterocycles. The van der Waals surface area contributed by atoms with Gasteiger partial charge in [0.15, 0.2) is 0 Å². The highest BCUT2D eigenvalue weighted by molar-refractivity contribution is 4.94. The third kappa shape index (κ3) is 3.26. The van der Waals surface area contributed by atoms with Crippen LogP contribution in [-0.4, -0.2) is 5.11 Å². The Bertz CT molecular complexity index is 147. The predicted octanol–water partition coefficient (Wildman–Crippen LogP) is 3.19. The van der Waals surface area contributed by atoms with E-state index < -0.39 is 0 Å². The molecule has 1 unspecified atom stereocenters. The second-order valence-electron chi connectivity index (χ2n) is 3.09. The van der Waals surface area contributed by atoms with Crippen molar-refractivity contribution < 1.29 is 5.11 Å². The fourth-order valence-corrected chi connectivity index (χ4v) is 1.49. The summed E-state index contributed by atoms with van der Waals surface area (Å²) in [6, 6.07) is 0. The molecular weight excluding hydrogens is 136 g/mol. The Labute approximate surface area is 68.4 Å². The summed E-state index contributed by atoms with van der Waals surface area (Å²) in [6.45, 7) is 0. The Morgan fingerprint density at radius 2 is 2.36 bits per heavy atom. The van der Waals surface area contributed by atoms with Crippen LogP contribution in [0.15, 0.2) is 24.5 Å². The van der Waals surface area contributed by atoms with Gasteiger partial charge in [0, 0.05) is 0 Å². The van der Waals surface area contributed by atoms with E-state index in [9.17, 15) is 0 Å². The lowest BCUT2D eigenvalue weighted by atomic mass is 10.0. The molecule has 0 spiro atoms. The first-order valence-electron chi connectivity index (χ1n) is 4.39. The maximum absolute atomic E-state index is 8.46. The average Bonchev–Trinajstić information content (AvgIpc) is 2.28. The smallest absolute Gasteiger partial charge is 0.0751 e. The highest BCUT2D eigenvalue weighted by atomic mass is 16.2. The molecule has 0 bridgehead atoms. The minimum absolute atomic E-state index is 0.668. The molecule has 1 N–H and O–H groups in total. The number of rotatable bonds is 2. The monoisotopic (exact) mass is 152 g/mol. The summed E-state index contributed by atoms with van der Waals surface area (Å²) in [5, 5.41) is 8.46. The summed E-state index contributed by atoms with van der Waals surface area (Å²) in [5.41, 5.74) is 0. The van der Waals surface area contributed by atoms with Gasteiger partial charge in [0.05, 0.1) is 6.26 Å². The first-order chi connectivity index (χ1) is 5.43. The van der Waals surface area contributed by atoms with Crippen LogP contribution in [0.4, 0.5) is 0 Å². The molecule has 1 aliphatic rings. The van der Waals surface area contributed by atoms with Crippen molar-refractivity contribution in [3.8, 4) is 0 Å². The van der Waals surface area contributed by atoms with E-state index in [4.69, 9.17) is 5.11 Å². The molecule has 0 aromatic carbocycles. The lowest BCUT2D eigenvalue weighted by Gasteiger charge is -2.05. The maximum atomic E-state index is 8.46. The molecule has 0 aromatic rings. The topological polar surface area (TPSA) is 20.2 Å². The zero-order chi connectivity index (χ0) is 7.94. The van der Waals surface area contributed by atoms with Crippen molar-refractivity contribution in [2.45, 2.75) is 32.1 Å². The van der Waals surface area contributed by atoms with E-state index in [-0.39, 0.29) is 0 Å². The van der Waals surface area contributed by atoms with Crippen molar-refractivity contribution in [1.82, 2.24) is 0 Å². The van der Waals surface area contributed by atoms with E-state index in [0.29, 0.717) is 5.92 Å². The zero-order valence-corrected chi connectivity index (χ0v) is 6.87. The summed E-state index contributed by atoms with van der Waals surface area (Å²) < 4.78 is 0. The quantitative estimate of drug-likeness (QED) is 0.476. The van der Waals surface area contributed by atoms with Gasteiger partial charge in [-0.05, 0) is 37.7 Å². The van der Waals surface area contributed by atoms with Crippen molar-refractivity contribution >= 4 is 0 Å². The maximum Gasteiger partial charge on any atom is 0.0751 e. The number of hydrogen-bond acceptors (Lipinski definition) is 1. The molecule has 0 amide bonds. The normalized spacial score (nSPS) is 25.6. The van der Waals surface area contributed by atoms with Crippen LogP contribution in [0.5, 0.6) is 0 Å². The standard InChI is InChI=1S/C10H16O/c11-9-5-8-10-6-3-1-2-4-7-10/h3,5-6,9-11H,1-2,4,7-8H2/b9-5+. The van der Waals surface area contributed by atoms with E-state index in [1.807, 2.05) is 6.08 Å². The van der Waals surface area contributed by atoms with Gasteiger partial charge < -0.3 is 5.11 Å². The van der Waals surface area contributed by atoms with E-state index in [0.717, 1.165) is 12.7 Å². The molecule has 1 heteroatoms. The first-order valence-corrected chi connectivity index (χ1v) is 4.39. The van der Waals surface area contributed by atoms with Gasteiger partial charge in [0.1, 0.15) is 0 Å². The van der Waals surface area contributed by atoms with E-state index in [2.05, 4.69) is 12.2 Å². The highest BCUT2D eigenvalue weighted by Crippen LogP contribution is 2.19. The van der Waals surface area contributed by atoms with Gasteiger partial charge in [0.25, 0.3) is 0 Å². The predicted molar refractivity (Wildman–Crippen MR) is 47.5 cm³/mol. The SMILES string of the molecule is O/C=C/CC1C=CCCCC1. The minimum Gasteiger partial charge on any atom is -0.516 e. The largest absolute Gasteiger partial charge is 0.516 e. The Balaban J connectivity index is 2.30. The van der Waals surface area contributed by atoms with Gasteiger partial charge in [-0.1, -0.05) is 18.6 Å². The summed E-state index contributed by atoms with van der Waals surface area (Å²) >= 11 is 0. The van der Waals surface area contributed by atoms with Crippen LogP contribution in [-0.2, 0) is 0 Å². The molecule has 0 aliphatic heterocycles. The third-order valence-corrected chi connectivity index (χ3v) is 2.15. The number of allylic oxidation sites excluding steroid dienone is 3. The Kier molecular flexibility index (Phi) is 3.81. The van der Waals surface area contributed by atoms with Crippen LogP contribution in [0.25, 0.3) is 0 Å². The second-order valence-corrected chi connectivity index (χ2v) is 3.09. The van der Waals surface area contributed by atoms with Crippen molar-refractivity contribution in [2.24, 2.45) is 5.92 Å². The number of hydrogen-bond donors (Lipinski definition) is 1.